The van der Waals surface area contributed by atoms with Gasteiger partial charge in [-0.05, 0) is 68.5 Å². The number of halogens is 1. The molecule has 2 aromatic carbocycles. The highest BCUT2D eigenvalue weighted by molar-refractivity contribution is 5.83. The second kappa shape index (κ2) is 10.4. The summed E-state index contributed by atoms with van der Waals surface area (Å²) in [5.74, 6) is 0.344. The van der Waals surface area contributed by atoms with Crippen LogP contribution >= 0.6 is 0 Å². The fourth-order valence-electron chi connectivity index (χ4n) is 4.76. The van der Waals surface area contributed by atoms with Crippen LogP contribution in [0.3, 0.4) is 0 Å². The van der Waals surface area contributed by atoms with Crippen molar-refractivity contribution in [1.29, 1.82) is 0 Å². The first-order valence-electron chi connectivity index (χ1n) is 11.7. The van der Waals surface area contributed by atoms with E-state index in [-0.39, 0.29) is 11.7 Å². The van der Waals surface area contributed by atoms with Crippen LogP contribution in [0.2, 0.25) is 0 Å². The zero-order chi connectivity index (χ0) is 24.1. The summed E-state index contributed by atoms with van der Waals surface area (Å²) in [5, 5.41) is 7.62. The molecule has 34 heavy (non-hydrogen) atoms. The van der Waals surface area contributed by atoms with Crippen molar-refractivity contribution in [3.05, 3.63) is 71.3 Å². The number of ether oxygens (including phenoxy) is 2. The number of hydrogen-bond acceptors (Lipinski definition) is 4. The van der Waals surface area contributed by atoms with Gasteiger partial charge >= 0.3 is 0 Å². The van der Waals surface area contributed by atoms with Crippen LogP contribution < -0.4 is 10.1 Å². The van der Waals surface area contributed by atoms with E-state index in [1.165, 1.54) is 12.1 Å². The molecule has 6 nitrogen and oxygen atoms in total. The number of rotatable bonds is 8. The Morgan fingerprint density at radius 1 is 1.18 bits per heavy atom. The minimum absolute atomic E-state index is 0.0473. The largest absolute Gasteiger partial charge is 0.496 e. The molecule has 4 rings (SSSR count). The Bertz CT molecular complexity index is 1150. The van der Waals surface area contributed by atoms with Crippen LogP contribution in [0.25, 0.3) is 11.1 Å². The number of amides is 1. The number of benzene rings is 2. The van der Waals surface area contributed by atoms with E-state index >= 15 is 0 Å². The van der Waals surface area contributed by atoms with Crippen LogP contribution in [0.1, 0.15) is 29.8 Å². The molecule has 1 aliphatic rings. The molecule has 1 saturated heterocycles. The first-order valence-corrected chi connectivity index (χ1v) is 11.7. The van der Waals surface area contributed by atoms with Gasteiger partial charge in [0.05, 0.1) is 24.8 Å². The number of nitrogens with zero attached hydrogens (tertiary/aromatic N) is 2. The third-order valence-electron chi connectivity index (χ3n) is 6.59. The molecule has 2 heterocycles. The molecule has 1 aromatic heterocycles. The monoisotopic (exact) mass is 465 g/mol. The van der Waals surface area contributed by atoms with E-state index in [0.717, 1.165) is 22.5 Å². The second-order valence-corrected chi connectivity index (χ2v) is 9.02. The number of hydrogen-bond donors (Lipinski definition) is 1. The zero-order valence-electron chi connectivity index (χ0n) is 20.1. The van der Waals surface area contributed by atoms with Crippen LogP contribution in [0.5, 0.6) is 5.75 Å². The lowest BCUT2D eigenvalue weighted by Crippen LogP contribution is -2.47. The van der Waals surface area contributed by atoms with E-state index < -0.39 is 5.41 Å². The molecule has 0 saturated carbocycles. The Kier molecular flexibility index (Phi) is 7.32. The molecule has 0 atom stereocenters. The maximum absolute atomic E-state index is 13.9. The average molecular weight is 466 g/mol. The first-order chi connectivity index (χ1) is 16.4. The van der Waals surface area contributed by atoms with Crippen LogP contribution in [0.4, 0.5) is 4.39 Å². The van der Waals surface area contributed by atoms with Crippen LogP contribution in [0.15, 0.2) is 48.5 Å². The standard InChI is InChI=1S/C27H32FN3O3/c1-19-15-20(2)31(30-19)12-11-29-26(32)27(9-13-34-14-10-27)18-21-5-4-6-22(16-21)24-17-23(28)7-8-25(24)33-3/h4-8,15-17H,9-14,18H2,1-3H3,(H,29,32). The topological polar surface area (TPSA) is 65.4 Å². The molecule has 7 heteroatoms. The van der Waals surface area contributed by atoms with Crippen molar-refractivity contribution >= 4 is 5.91 Å². The van der Waals surface area contributed by atoms with Gasteiger partial charge in [-0.1, -0.05) is 24.3 Å². The summed E-state index contributed by atoms with van der Waals surface area (Å²) in [7, 11) is 1.58. The van der Waals surface area contributed by atoms with Gasteiger partial charge in [-0.25, -0.2) is 4.39 Å². The highest BCUT2D eigenvalue weighted by Gasteiger charge is 2.40. The molecule has 0 radical (unpaired) electrons. The maximum atomic E-state index is 13.9. The van der Waals surface area contributed by atoms with Crippen molar-refractivity contribution in [3.8, 4) is 16.9 Å². The van der Waals surface area contributed by atoms with E-state index in [4.69, 9.17) is 9.47 Å². The summed E-state index contributed by atoms with van der Waals surface area (Å²) >= 11 is 0. The van der Waals surface area contributed by atoms with E-state index in [9.17, 15) is 9.18 Å². The Balaban J connectivity index is 1.52. The van der Waals surface area contributed by atoms with Gasteiger partial charge in [0, 0.05) is 31.0 Å². The molecular weight excluding hydrogens is 433 g/mol. The number of nitrogens with one attached hydrogen (secondary N) is 1. The Labute approximate surface area is 200 Å². The minimum atomic E-state index is -0.544. The maximum Gasteiger partial charge on any atom is 0.226 e. The van der Waals surface area contributed by atoms with E-state index in [2.05, 4.69) is 10.4 Å². The van der Waals surface area contributed by atoms with Gasteiger partial charge in [0.2, 0.25) is 5.91 Å². The van der Waals surface area contributed by atoms with E-state index in [0.29, 0.717) is 56.9 Å². The normalized spacial score (nSPS) is 15.2. The number of carbonyl (C=O) groups is 1. The molecule has 1 amide bonds. The quantitative estimate of drug-likeness (QED) is 0.533. The van der Waals surface area contributed by atoms with Gasteiger partial charge in [0.15, 0.2) is 0 Å². The zero-order valence-corrected chi connectivity index (χ0v) is 20.1. The van der Waals surface area contributed by atoms with Crippen molar-refractivity contribution in [2.24, 2.45) is 5.41 Å². The molecule has 180 valence electrons. The van der Waals surface area contributed by atoms with Crippen LogP contribution in [-0.4, -0.2) is 42.6 Å². The third kappa shape index (κ3) is 5.30. The SMILES string of the molecule is COc1ccc(F)cc1-c1cccc(CC2(C(=O)NCCn3nc(C)cc3C)CCOCC2)c1. The number of aryl methyl sites for hydroxylation is 2. The van der Waals surface area contributed by atoms with Crippen molar-refractivity contribution < 1.29 is 18.7 Å². The van der Waals surface area contributed by atoms with Crippen molar-refractivity contribution in [2.45, 2.75) is 39.7 Å². The molecule has 0 spiro atoms. The molecule has 0 bridgehead atoms. The number of aromatic nitrogens is 2. The van der Waals surface area contributed by atoms with Crippen molar-refractivity contribution in [3.63, 3.8) is 0 Å². The summed E-state index contributed by atoms with van der Waals surface area (Å²) in [6, 6.07) is 14.5. The molecule has 0 aliphatic carbocycles. The third-order valence-corrected chi connectivity index (χ3v) is 6.59. The number of methoxy groups -OCH3 is 1. The fraction of sp³-hybridized carbons (Fsp3) is 0.407. The molecule has 1 aliphatic heterocycles. The van der Waals surface area contributed by atoms with Gasteiger partial charge in [0.1, 0.15) is 11.6 Å². The van der Waals surface area contributed by atoms with Gasteiger partial charge in [-0.15, -0.1) is 0 Å². The summed E-state index contributed by atoms with van der Waals surface area (Å²) in [4.78, 5) is 13.4. The summed E-state index contributed by atoms with van der Waals surface area (Å²) in [6.45, 7) is 6.25. The van der Waals surface area contributed by atoms with Gasteiger partial charge in [-0.3, -0.25) is 9.48 Å². The molecule has 1 N–H and O–H groups in total. The van der Waals surface area contributed by atoms with Crippen molar-refractivity contribution in [2.75, 3.05) is 26.9 Å². The second-order valence-electron chi connectivity index (χ2n) is 9.02. The van der Waals surface area contributed by atoms with Gasteiger partial charge in [0.25, 0.3) is 0 Å². The lowest BCUT2D eigenvalue weighted by atomic mass is 9.74. The van der Waals surface area contributed by atoms with E-state index in [1.807, 2.05) is 48.9 Å². The van der Waals surface area contributed by atoms with E-state index in [1.54, 1.807) is 13.2 Å². The molecular formula is C27H32FN3O3. The Morgan fingerprint density at radius 3 is 2.68 bits per heavy atom. The molecule has 1 fully saturated rings. The number of carbonyl (C=O) groups excluding carboxylic acids is 1. The summed E-state index contributed by atoms with van der Waals surface area (Å²) in [5.41, 5.74) is 4.09. The smallest absolute Gasteiger partial charge is 0.226 e. The lowest BCUT2D eigenvalue weighted by Gasteiger charge is -2.36. The fourth-order valence-corrected chi connectivity index (χ4v) is 4.76. The molecule has 3 aromatic rings. The first kappa shape index (κ1) is 24.0. The summed E-state index contributed by atoms with van der Waals surface area (Å²) < 4.78 is 26.9. The highest BCUT2D eigenvalue weighted by atomic mass is 19.1. The van der Waals surface area contributed by atoms with Gasteiger partial charge < -0.3 is 14.8 Å². The van der Waals surface area contributed by atoms with Crippen LogP contribution in [0, 0.1) is 25.1 Å². The predicted molar refractivity (Wildman–Crippen MR) is 129 cm³/mol. The minimum Gasteiger partial charge on any atom is -0.496 e. The van der Waals surface area contributed by atoms with Crippen molar-refractivity contribution in [1.82, 2.24) is 15.1 Å². The van der Waals surface area contributed by atoms with Crippen LogP contribution in [-0.2, 0) is 22.5 Å². The summed E-state index contributed by atoms with van der Waals surface area (Å²) in [6.07, 6.45) is 1.91. The highest BCUT2D eigenvalue weighted by Crippen LogP contribution is 2.37. The molecule has 0 unspecified atom stereocenters. The Morgan fingerprint density at radius 2 is 1.97 bits per heavy atom. The van der Waals surface area contributed by atoms with Gasteiger partial charge in [-0.2, -0.15) is 5.10 Å². The predicted octanol–water partition coefficient (Wildman–Crippen LogP) is 4.47. The lowest BCUT2D eigenvalue weighted by molar-refractivity contribution is -0.136. The average Bonchev–Trinajstić information content (AvgIpc) is 3.16. The Hall–Kier alpha value is -3.19.